The molecule has 0 rings (SSSR count). The third-order valence-corrected chi connectivity index (χ3v) is 18.9. The standard InChI is InChI=1S/C87H148O16P2/c1-4-7-10-13-16-19-22-25-27-29-31-33-35-36-37-38-39-40-41-42-43-44-46-48-49-51-53-56-58-61-64-67-70-73-85(90)97-76-82(88)77-99-104(93,94)100-78-83(89)79-101-105(95,96)102-81-84(103-87(92)75-72-69-66-63-60-55-24-21-18-15-12-9-6-3)80-98-86(91)74-71-68-65-62-59-57-54-52-50-47-45-34-32-30-28-26-23-20-17-14-11-8-5-2/h7-8,10-11,16-17,19-21,24-28,31-34,36-37,39-40,47,50,82-84,88-89H,4-6,9,12-15,18,22-23,29-30,35,38,41-46,48-49,51-81H2,1-3H3,(H,93,94)(H,95,96)/b10-7-,11-8-,19-16-,20-17-,24-21-,27-25-,28-26-,33-31-,34-32-,37-36-,40-39-,50-47-. The number of esters is 3. The van der Waals surface area contributed by atoms with Crippen LogP contribution in [0.25, 0.3) is 0 Å². The van der Waals surface area contributed by atoms with Crippen molar-refractivity contribution in [3.05, 3.63) is 146 Å². The first-order valence-electron chi connectivity index (χ1n) is 41.1. The lowest BCUT2D eigenvalue weighted by molar-refractivity contribution is -0.161. The van der Waals surface area contributed by atoms with Crippen LogP contribution < -0.4 is 0 Å². The van der Waals surface area contributed by atoms with Gasteiger partial charge < -0.3 is 34.2 Å². The number of rotatable bonds is 77. The van der Waals surface area contributed by atoms with E-state index in [1.807, 2.05) is 0 Å². The van der Waals surface area contributed by atoms with Gasteiger partial charge in [0.1, 0.15) is 25.4 Å². The molecule has 0 aromatic rings. The Balaban J connectivity index is 4.45. The molecule has 0 saturated heterocycles. The lowest BCUT2D eigenvalue weighted by Gasteiger charge is -2.21. The van der Waals surface area contributed by atoms with Crippen molar-refractivity contribution in [1.29, 1.82) is 0 Å². The number of unbranched alkanes of at least 4 members (excludes halogenated alkanes) is 30. The van der Waals surface area contributed by atoms with Gasteiger partial charge in [-0.25, -0.2) is 9.13 Å². The minimum atomic E-state index is -4.94. The topological polar surface area (TPSA) is 231 Å². The van der Waals surface area contributed by atoms with E-state index in [1.54, 1.807) is 0 Å². The molecule has 0 heterocycles. The highest BCUT2D eigenvalue weighted by atomic mass is 31.2. The highest BCUT2D eigenvalue weighted by molar-refractivity contribution is 7.47. The van der Waals surface area contributed by atoms with E-state index in [4.69, 9.17) is 32.3 Å². The number of hydrogen-bond donors (Lipinski definition) is 4. The van der Waals surface area contributed by atoms with E-state index in [1.165, 1.54) is 89.9 Å². The molecule has 0 aliphatic carbocycles. The Morgan fingerprint density at radius 2 is 0.505 bits per heavy atom. The van der Waals surface area contributed by atoms with E-state index < -0.39 is 91.5 Å². The van der Waals surface area contributed by atoms with Crippen LogP contribution in [0, 0.1) is 0 Å². The average molecular weight is 1510 g/mol. The van der Waals surface area contributed by atoms with E-state index in [2.05, 4.69) is 167 Å². The summed E-state index contributed by atoms with van der Waals surface area (Å²) in [6.45, 7) is 2.43. The van der Waals surface area contributed by atoms with Gasteiger partial charge in [-0.1, -0.05) is 314 Å². The fourth-order valence-electron chi connectivity index (χ4n) is 10.8. The molecule has 0 aromatic carbocycles. The second kappa shape index (κ2) is 79.0. The molecule has 0 aliphatic rings. The van der Waals surface area contributed by atoms with Crippen LogP contribution in [0.3, 0.4) is 0 Å². The lowest BCUT2D eigenvalue weighted by atomic mass is 10.0. The van der Waals surface area contributed by atoms with Crippen LogP contribution in [-0.4, -0.2) is 95.9 Å². The number of phosphoric ester groups is 2. The van der Waals surface area contributed by atoms with E-state index >= 15 is 0 Å². The molecular weight excluding hydrogens is 1360 g/mol. The maximum Gasteiger partial charge on any atom is 0.472 e. The molecule has 0 amide bonds. The van der Waals surface area contributed by atoms with Crippen molar-refractivity contribution in [3.63, 3.8) is 0 Å². The van der Waals surface area contributed by atoms with Gasteiger partial charge in [0.15, 0.2) is 6.10 Å². The molecule has 0 bridgehead atoms. The number of ether oxygens (including phenoxy) is 3. The van der Waals surface area contributed by atoms with Crippen LogP contribution in [0.2, 0.25) is 0 Å². The second-order valence-electron chi connectivity index (χ2n) is 27.2. The summed E-state index contributed by atoms with van der Waals surface area (Å²) in [6, 6.07) is 0. The Kier molecular flexibility index (Phi) is 75.6. The summed E-state index contributed by atoms with van der Waals surface area (Å²) < 4.78 is 61.2. The van der Waals surface area contributed by atoms with Gasteiger partial charge in [-0.05, 0) is 141 Å². The average Bonchev–Trinajstić information content (AvgIpc) is 1.00. The predicted octanol–water partition coefficient (Wildman–Crippen LogP) is 24.4. The summed E-state index contributed by atoms with van der Waals surface area (Å²) in [4.78, 5) is 58.7. The second-order valence-corrected chi connectivity index (χ2v) is 30.1. The van der Waals surface area contributed by atoms with Gasteiger partial charge in [0, 0.05) is 19.3 Å². The Hall–Kier alpha value is -4.57. The van der Waals surface area contributed by atoms with Crippen molar-refractivity contribution < 1.29 is 75.8 Å². The number of aliphatic hydroxyl groups is 2. The summed E-state index contributed by atoms with van der Waals surface area (Å²) >= 11 is 0. The third kappa shape index (κ3) is 80.3. The maximum absolute atomic E-state index is 13.0. The fourth-order valence-corrected chi connectivity index (χ4v) is 12.4. The van der Waals surface area contributed by atoms with Crippen molar-refractivity contribution in [3.8, 4) is 0 Å². The first-order valence-corrected chi connectivity index (χ1v) is 44.1. The van der Waals surface area contributed by atoms with E-state index in [-0.39, 0.29) is 19.3 Å². The SMILES string of the molecule is CC/C=C\C/C=C\C/C=C\C/C=C\C/C=C\C/C=C\CCCCCCCCCCCCCCCCC(=O)OCC(O)COP(=O)(O)OCC(O)COP(=O)(O)OCC(COC(=O)CCCCCCCCC/C=C\C/C=C\C/C=C\C/C=C\C/C=C\CC)OC(=O)CCCCCCC/C=C\CCCCCC. The number of aliphatic hydroxyl groups excluding tert-OH is 2. The summed E-state index contributed by atoms with van der Waals surface area (Å²) in [5.74, 6) is -1.59. The molecule has 5 unspecified atom stereocenters. The minimum absolute atomic E-state index is 0.0897. The molecule has 16 nitrogen and oxygen atoms in total. The van der Waals surface area contributed by atoms with Gasteiger partial charge in [0.25, 0.3) is 0 Å². The molecule has 0 fully saturated rings. The molecule has 0 spiro atoms. The molecular formula is C87H148O16P2. The zero-order valence-electron chi connectivity index (χ0n) is 65.9. The van der Waals surface area contributed by atoms with Gasteiger partial charge >= 0.3 is 33.6 Å². The largest absolute Gasteiger partial charge is 0.472 e. The number of carbonyl (C=O) groups is 3. The van der Waals surface area contributed by atoms with Crippen LogP contribution in [0.15, 0.2) is 146 Å². The normalized spacial score (nSPS) is 14.7. The van der Waals surface area contributed by atoms with Crippen molar-refractivity contribution >= 4 is 33.6 Å². The molecule has 5 atom stereocenters. The predicted molar refractivity (Wildman–Crippen MR) is 436 cm³/mol. The van der Waals surface area contributed by atoms with Crippen LogP contribution >= 0.6 is 15.6 Å². The highest BCUT2D eigenvalue weighted by Gasteiger charge is 2.29. The Morgan fingerprint density at radius 3 is 0.810 bits per heavy atom. The van der Waals surface area contributed by atoms with E-state index in [9.17, 15) is 43.5 Å². The number of carbonyl (C=O) groups excluding carboxylic acids is 3. The summed E-state index contributed by atoms with van der Waals surface area (Å²) in [5.41, 5.74) is 0. The zero-order chi connectivity index (χ0) is 76.6. The highest BCUT2D eigenvalue weighted by Crippen LogP contribution is 2.45. The van der Waals surface area contributed by atoms with Gasteiger partial charge in [-0.15, -0.1) is 0 Å². The molecule has 4 N–H and O–H groups in total. The Morgan fingerprint density at radius 1 is 0.276 bits per heavy atom. The molecule has 602 valence electrons. The first-order chi connectivity index (χ1) is 51.2. The summed E-state index contributed by atoms with van der Waals surface area (Å²) in [5, 5.41) is 20.7. The van der Waals surface area contributed by atoms with Gasteiger partial charge in [-0.2, -0.15) is 0 Å². The van der Waals surface area contributed by atoms with Crippen molar-refractivity contribution in [2.45, 2.75) is 347 Å². The Labute approximate surface area is 638 Å². The fraction of sp³-hybridized carbons (Fsp3) is 0.690. The number of hydrogen-bond acceptors (Lipinski definition) is 14. The maximum atomic E-state index is 13.0. The molecule has 18 heteroatoms. The molecule has 0 saturated carbocycles. The van der Waals surface area contributed by atoms with Crippen molar-refractivity contribution in [2.24, 2.45) is 0 Å². The smallest absolute Gasteiger partial charge is 0.463 e. The quantitative estimate of drug-likeness (QED) is 0.0146. The molecule has 0 aromatic heterocycles. The molecule has 0 radical (unpaired) electrons. The van der Waals surface area contributed by atoms with Gasteiger partial charge in [0.05, 0.1) is 26.4 Å². The van der Waals surface area contributed by atoms with Gasteiger partial charge in [-0.3, -0.25) is 32.5 Å². The summed E-state index contributed by atoms with van der Waals surface area (Å²) in [6.07, 6.45) is 97.6. The third-order valence-electron chi connectivity index (χ3n) is 17.0. The van der Waals surface area contributed by atoms with Crippen LogP contribution in [0.4, 0.5) is 0 Å². The van der Waals surface area contributed by atoms with Crippen LogP contribution in [0.5, 0.6) is 0 Å². The minimum Gasteiger partial charge on any atom is -0.463 e. The monoisotopic (exact) mass is 1510 g/mol. The van der Waals surface area contributed by atoms with E-state index in [0.717, 1.165) is 180 Å². The molecule has 0 aliphatic heterocycles. The first kappa shape index (κ1) is 100. The van der Waals surface area contributed by atoms with Crippen LogP contribution in [0.1, 0.15) is 329 Å². The lowest BCUT2D eigenvalue weighted by Crippen LogP contribution is -2.30. The summed E-state index contributed by atoms with van der Waals surface area (Å²) in [7, 11) is -9.80. The Bertz CT molecular complexity index is 2490. The van der Waals surface area contributed by atoms with Gasteiger partial charge in [0.2, 0.25) is 0 Å². The number of allylic oxidation sites excluding steroid dienone is 24. The van der Waals surface area contributed by atoms with Crippen molar-refractivity contribution in [2.75, 3.05) is 39.6 Å². The molecule has 105 heavy (non-hydrogen) atoms. The van der Waals surface area contributed by atoms with Crippen LogP contribution in [-0.2, 0) is 55.8 Å². The van der Waals surface area contributed by atoms with Crippen molar-refractivity contribution in [1.82, 2.24) is 0 Å². The van der Waals surface area contributed by atoms with E-state index in [0.29, 0.717) is 19.3 Å². The zero-order valence-corrected chi connectivity index (χ0v) is 67.6. The number of phosphoric acid groups is 2.